The first-order valence-electron chi connectivity index (χ1n) is 5.69. The average molecular weight is 255 g/mol. The quantitative estimate of drug-likeness (QED) is 0.847. The van der Waals surface area contributed by atoms with E-state index in [0.29, 0.717) is 17.7 Å². The van der Waals surface area contributed by atoms with E-state index >= 15 is 0 Å². The molecule has 94 valence electrons. The summed E-state index contributed by atoms with van der Waals surface area (Å²) in [5.74, 6) is -0.101. The van der Waals surface area contributed by atoms with Gasteiger partial charge in [-0.05, 0) is 13.3 Å². The fourth-order valence-corrected chi connectivity index (χ4v) is 2.96. The summed E-state index contributed by atoms with van der Waals surface area (Å²) in [6, 6.07) is 0.399. The van der Waals surface area contributed by atoms with Gasteiger partial charge in [-0.1, -0.05) is 0 Å². The van der Waals surface area contributed by atoms with Crippen molar-refractivity contribution in [1.29, 1.82) is 0 Å². The predicted molar refractivity (Wildman–Crippen MR) is 66.9 cm³/mol. The van der Waals surface area contributed by atoms with Crippen molar-refractivity contribution in [2.24, 2.45) is 0 Å². The van der Waals surface area contributed by atoms with E-state index in [1.165, 1.54) is 18.3 Å². The zero-order chi connectivity index (χ0) is 12.4. The number of nitrogens with one attached hydrogen (secondary N) is 1. The lowest BCUT2D eigenvalue weighted by molar-refractivity contribution is -0.114. The molecule has 0 spiro atoms. The highest BCUT2D eigenvalue weighted by Crippen LogP contribution is 2.24. The van der Waals surface area contributed by atoms with Crippen molar-refractivity contribution in [2.75, 3.05) is 11.9 Å². The molecule has 0 unspecified atom stereocenters. The van der Waals surface area contributed by atoms with E-state index in [9.17, 15) is 9.90 Å². The molecule has 0 aromatic carbocycles. The minimum Gasteiger partial charge on any atom is -0.392 e. The summed E-state index contributed by atoms with van der Waals surface area (Å²) in [7, 11) is 0. The topological polar surface area (TPSA) is 65.5 Å². The number of aliphatic hydroxyl groups is 1. The molecule has 1 aliphatic rings. The van der Waals surface area contributed by atoms with Crippen LogP contribution in [0.3, 0.4) is 0 Å². The van der Waals surface area contributed by atoms with E-state index in [-0.39, 0.29) is 12.0 Å². The molecule has 17 heavy (non-hydrogen) atoms. The Morgan fingerprint density at radius 3 is 3.12 bits per heavy atom. The first kappa shape index (κ1) is 12.5. The number of aliphatic hydroxyl groups excluding tert-OH is 1. The van der Waals surface area contributed by atoms with Gasteiger partial charge in [0.15, 0.2) is 5.13 Å². The molecule has 1 aliphatic heterocycles. The van der Waals surface area contributed by atoms with Gasteiger partial charge >= 0.3 is 0 Å². The van der Waals surface area contributed by atoms with Crippen LogP contribution in [0.4, 0.5) is 5.13 Å². The number of likely N-dealkylation sites (tertiary alicyclic amines) is 1. The third-order valence-corrected chi connectivity index (χ3v) is 3.77. The first-order valence-corrected chi connectivity index (χ1v) is 6.50. The molecule has 0 saturated carbocycles. The Labute approximate surface area is 104 Å². The molecule has 2 rings (SSSR count). The minimum atomic E-state index is -0.215. The molecule has 5 nitrogen and oxygen atoms in total. The molecule has 1 fully saturated rings. The lowest BCUT2D eigenvalue weighted by Crippen LogP contribution is -2.26. The number of aromatic nitrogens is 1. The highest BCUT2D eigenvalue weighted by Gasteiger charge is 2.27. The van der Waals surface area contributed by atoms with Crippen molar-refractivity contribution in [3.63, 3.8) is 0 Å². The summed E-state index contributed by atoms with van der Waals surface area (Å²) in [5, 5.41) is 12.9. The fraction of sp³-hybridized carbons (Fsp3) is 0.636. The van der Waals surface area contributed by atoms with Gasteiger partial charge in [-0.3, -0.25) is 9.69 Å². The minimum absolute atomic E-state index is 0.101. The Morgan fingerprint density at radius 2 is 2.53 bits per heavy atom. The normalized spacial score (nSPS) is 25.1. The van der Waals surface area contributed by atoms with E-state index < -0.39 is 0 Å². The number of β-amino-alcohol motifs (C(OH)–C–C–N with tert-alkyl or cyclic N) is 1. The van der Waals surface area contributed by atoms with E-state index in [1.54, 1.807) is 6.20 Å². The highest BCUT2D eigenvalue weighted by atomic mass is 32.1. The van der Waals surface area contributed by atoms with Crippen LogP contribution >= 0.6 is 11.3 Å². The summed E-state index contributed by atoms with van der Waals surface area (Å²) < 4.78 is 0. The Morgan fingerprint density at radius 1 is 1.76 bits per heavy atom. The van der Waals surface area contributed by atoms with E-state index in [2.05, 4.69) is 22.1 Å². The van der Waals surface area contributed by atoms with Gasteiger partial charge in [-0.2, -0.15) is 0 Å². The number of hydrogen-bond donors (Lipinski definition) is 2. The zero-order valence-corrected chi connectivity index (χ0v) is 10.8. The van der Waals surface area contributed by atoms with Crippen molar-refractivity contribution < 1.29 is 9.90 Å². The van der Waals surface area contributed by atoms with Gasteiger partial charge in [0.25, 0.3) is 0 Å². The number of hydrogen-bond acceptors (Lipinski definition) is 5. The second-order valence-corrected chi connectivity index (χ2v) is 5.60. The molecule has 1 amide bonds. The first-order chi connectivity index (χ1) is 8.04. The monoisotopic (exact) mass is 255 g/mol. The van der Waals surface area contributed by atoms with Crippen LogP contribution < -0.4 is 5.32 Å². The van der Waals surface area contributed by atoms with Crippen LogP contribution in [0.15, 0.2) is 6.20 Å². The van der Waals surface area contributed by atoms with Crippen LogP contribution in [-0.2, 0) is 11.3 Å². The second kappa shape index (κ2) is 5.12. The molecule has 1 aromatic rings. The van der Waals surface area contributed by atoms with Gasteiger partial charge in [-0.25, -0.2) is 4.98 Å². The van der Waals surface area contributed by atoms with Gasteiger partial charge in [-0.15, -0.1) is 11.3 Å². The molecular weight excluding hydrogens is 238 g/mol. The van der Waals surface area contributed by atoms with Crippen LogP contribution in [0, 0.1) is 0 Å². The number of thiazole rings is 1. The highest BCUT2D eigenvalue weighted by molar-refractivity contribution is 7.15. The predicted octanol–water partition coefficient (Wildman–Crippen LogP) is 1.06. The molecular formula is C11H17N3O2S. The number of nitrogens with zero attached hydrogens (tertiary/aromatic N) is 2. The van der Waals surface area contributed by atoms with Crippen molar-refractivity contribution >= 4 is 22.4 Å². The molecule has 0 aliphatic carbocycles. The maximum atomic E-state index is 10.9. The lowest BCUT2D eigenvalue weighted by atomic mass is 10.2. The van der Waals surface area contributed by atoms with Crippen LogP contribution in [0.1, 0.15) is 25.1 Å². The molecule has 2 N–H and O–H groups in total. The zero-order valence-electron chi connectivity index (χ0n) is 10.0. The number of carbonyl (C=O) groups is 1. The van der Waals surface area contributed by atoms with Crippen molar-refractivity contribution in [3.8, 4) is 0 Å². The van der Waals surface area contributed by atoms with Crippen LogP contribution in [0.25, 0.3) is 0 Å². The number of rotatable bonds is 3. The summed E-state index contributed by atoms with van der Waals surface area (Å²) in [6.07, 6.45) is 2.40. The van der Waals surface area contributed by atoms with Crippen LogP contribution in [0.5, 0.6) is 0 Å². The van der Waals surface area contributed by atoms with Crippen molar-refractivity contribution in [1.82, 2.24) is 9.88 Å². The van der Waals surface area contributed by atoms with Crippen molar-refractivity contribution in [3.05, 3.63) is 11.1 Å². The SMILES string of the molecule is CC(=O)Nc1ncc(CN2C[C@@H](O)C[C@@H]2C)s1. The van der Waals surface area contributed by atoms with Gasteiger partial charge in [0.2, 0.25) is 5.91 Å². The van der Waals surface area contributed by atoms with Gasteiger partial charge in [0.1, 0.15) is 0 Å². The van der Waals surface area contributed by atoms with E-state index in [1.807, 2.05) is 0 Å². The third-order valence-electron chi connectivity index (χ3n) is 2.88. The Bertz CT molecular complexity index is 407. The Kier molecular flexibility index (Phi) is 3.76. The smallest absolute Gasteiger partial charge is 0.223 e. The largest absolute Gasteiger partial charge is 0.392 e. The average Bonchev–Trinajstić information content (AvgIpc) is 2.74. The summed E-state index contributed by atoms with van der Waals surface area (Å²) in [5.41, 5.74) is 0. The van der Waals surface area contributed by atoms with Gasteiger partial charge in [0.05, 0.1) is 6.10 Å². The standard InChI is InChI=1S/C11H17N3O2S/c1-7-3-9(16)5-14(7)6-10-4-12-11(17-10)13-8(2)15/h4,7,9,16H,3,5-6H2,1-2H3,(H,12,13,15)/t7-,9-/m0/s1. The molecule has 1 aromatic heterocycles. The summed E-state index contributed by atoms with van der Waals surface area (Å²) in [4.78, 5) is 18.4. The fourth-order valence-electron chi connectivity index (χ4n) is 2.08. The van der Waals surface area contributed by atoms with Crippen LogP contribution in [-0.4, -0.2) is 39.6 Å². The van der Waals surface area contributed by atoms with Gasteiger partial charge in [0, 0.05) is 37.1 Å². The summed E-state index contributed by atoms with van der Waals surface area (Å²) in [6.45, 7) is 5.09. The Hall–Kier alpha value is -0.980. The molecule has 1 saturated heterocycles. The third kappa shape index (κ3) is 3.24. The van der Waals surface area contributed by atoms with E-state index in [4.69, 9.17) is 0 Å². The maximum Gasteiger partial charge on any atom is 0.223 e. The molecule has 2 heterocycles. The molecule has 0 radical (unpaired) electrons. The van der Waals surface area contributed by atoms with Crippen molar-refractivity contribution in [2.45, 2.75) is 39.0 Å². The Balaban J connectivity index is 1.95. The molecule has 2 atom stereocenters. The second-order valence-electron chi connectivity index (χ2n) is 4.48. The van der Waals surface area contributed by atoms with Crippen LogP contribution in [0.2, 0.25) is 0 Å². The number of amides is 1. The van der Waals surface area contributed by atoms with E-state index in [0.717, 1.165) is 17.8 Å². The summed E-state index contributed by atoms with van der Waals surface area (Å²) >= 11 is 1.48. The number of anilines is 1. The molecule has 6 heteroatoms. The molecule has 0 bridgehead atoms. The maximum absolute atomic E-state index is 10.9. The lowest BCUT2D eigenvalue weighted by Gasteiger charge is -2.19. The number of carbonyl (C=O) groups excluding carboxylic acids is 1. The van der Waals surface area contributed by atoms with Gasteiger partial charge < -0.3 is 10.4 Å².